The second-order valence-corrected chi connectivity index (χ2v) is 3.23. The van der Waals surface area contributed by atoms with E-state index in [1.807, 2.05) is 42.5 Å². The molecule has 0 saturated carbocycles. The van der Waals surface area contributed by atoms with E-state index in [4.69, 9.17) is 0 Å². The summed E-state index contributed by atoms with van der Waals surface area (Å²) in [5, 5.41) is 13.7. The molecule has 2 aromatic carbocycles. The summed E-state index contributed by atoms with van der Waals surface area (Å²) in [5.41, 5.74) is 3.54. The molecule has 0 bridgehead atoms. The number of nitrogens with two attached hydrogens (primary N) is 1. The maximum atomic E-state index is 10.5. The van der Waals surface area contributed by atoms with Gasteiger partial charge in [0.25, 0.3) is 0 Å². The fourth-order valence-corrected chi connectivity index (χ4v) is 1.33. The van der Waals surface area contributed by atoms with Crippen molar-refractivity contribution < 1.29 is 5.48 Å². The first-order valence-electron chi connectivity index (χ1n) is 4.76. The van der Waals surface area contributed by atoms with Crippen LogP contribution in [0.25, 0.3) is 0 Å². The van der Waals surface area contributed by atoms with Crippen LogP contribution in [0.15, 0.2) is 54.6 Å². The minimum absolute atomic E-state index is 0.689. The van der Waals surface area contributed by atoms with Gasteiger partial charge in [0.15, 0.2) is 0 Å². The molecule has 0 fully saturated rings. The Labute approximate surface area is 88.3 Å². The van der Waals surface area contributed by atoms with E-state index in [1.54, 1.807) is 12.1 Å². The van der Waals surface area contributed by atoms with Crippen LogP contribution < -0.4 is 10.8 Å². The quantitative estimate of drug-likeness (QED) is 0.589. The maximum Gasteiger partial charge on any atom is 0.129 e. The summed E-state index contributed by atoms with van der Waals surface area (Å²) in [6.45, 7) is 0. The SMILES string of the molecule is [O-][NH2+]c1ccc(Nc2ccccc2)cc1. The summed E-state index contributed by atoms with van der Waals surface area (Å²) in [7, 11) is 0. The lowest BCUT2D eigenvalue weighted by atomic mass is 10.2. The first-order valence-corrected chi connectivity index (χ1v) is 4.76. The molecule has 0 amide bonds. The van der Waals surface area contributed by atoms with Gasteiger partial charge in [-0.05, 0) is 24.3 Å². The highest BCUT2D eigenvalue weighted by molar-refractivity contribution is 5.60. The number of hydrogen-bond acceptors (Lipinski definition) is 2. The highest BCUT2D eigenvalue weighted by Crippen LogP contribution is 2.16. The van der Waals surface area contributed by atoms with Crippen molar-refractivity contribution >= 4 is 17.1 Å². The van der Waals surface area contributed by atoms with Gasteiger partial charge in [-0.3, -0.25) is 0 Å². The van der Waals surface area contributed by atoms with Crippen molar-refractivity contribution in [2.45, 2.75) is 0 Å². The molecule has 0 radical (unpaired) electrons. The van der Waals surface area contributed by atoms with Crippen LogP contribution in [-0.2, 0) is 0 Å². The molecule has 0 heterocycles. The van der Waals surface area contributed by atoms with E-state index in [-0.39, 0.29) is 0 Å². The smallest absolute Gasteiger partial charge is 0.129 e. The summed E-state index contributed by atoms with van der Waals surface area (Å²) in [6.07, 6.45) is 0. The van der Waals surface area contributed by atoms with Crippen molar-refractivity contribution in [2.75, 3.05) is 5.32 Å². The van der Waals surface area contributed by atoms with Crippen LogP contribution >= 0.6 is 0 Å². The Morgan fingerprint density at radius 2 is 1.40 bits per heavy atom. The van der Waals surface area contributed by atoms with Gasteiger partial charge in [0, 0.05) is 23.5 Å². The number of para-hydroxylation sites is 1. The van der Waals surface area contributed by atoms with Crippen LogP contribution in [0.3, 0.4) is 0 Å². The molecule has 2 rings (SSSR count). The van der Waals surface area contributed by atoms with Crippen LogP contribution in [0.2, 0.25) is 0 Å². The fourth-order valence-electron chi connectivity index (χ4n) is 1.33. The zero-order valence-corrected chi connectivity index (χ0v) is 8.18. The van der Waals surface area contributed by atoms with Gasteiger partial charge in [-0.25, -0.2) is 0 Å². The van der Waals surface area contributed by atoms with Gasteiger partial charge >= 0.3 is 0 Å². The Morgan fingerprint density at radius 1 is 0.800 bits per heavy atom. The molecular formula is C12H12N2O. The molecule has 15 heavy (non-hydrogen) atoms. The third kappa shape index (κ3) is 2.56. The molecule has 0 unspecified atom stereocenters. The lowest BCUT2D eigenvalue weighted by Gasteiger charge is -2.06. The van der Waals surface area contributed by atoms with Gasteiger partial charge < -0.3 is 16.0 Å². The molecule has 3 nitrogen and oxygen atoms in total. The van der Waals surface area contributed by atoms with Crippen LogP contribution in [0.4, 0.5) is 17.1 Å². The van der Waals surface area contributed by atoms with Gasteiger partial charge in [-0.2, -0.15) is 0 Å². The molecule has 0 aliphatic heterocycles. The Hall–Kier alpha value is -1.84. The van der Waals surface area contributed by atoms with E-state index in [0.29, 0.717) is 5.69 Å². The van der Waals surface area contributed by atoms with Crippen molar-refractivity contribution in [1.29, 1.82) is 0 Å². The average molecular weight is 200 g/mol. The van der Waals surface area contributed by atoms with Crippen LogP contribution in [-0.4, -0.2) is 0 Å². The lowest BCUT2D eigenvalue weighted by molar-refractivity contribution is -0.497. The maximum absolute atomic E-state index is 10.5. The van der Waals surface area contributed by atoms with E-state index < -0.39 is 0 Å². The van der Waals surface area contributed by atoms with Crippen LogP contribution in [0, 0.1) is 5.21 Å². The standard InChI is InChI=1S/C12H12N2O/c15-14-12-8-6-11(7-9-12)13-10-4-2-1-3-5-10/h1-9,13H,14H2. The monoisotopic (exact) mass is 200 g/mol. The van der Waals surface area contributed by atoms with Crippen molar-refractivity contribution in [3.8, 4) is 0 Å². The summed E-state index contributed by atoms with van der Waals surface area (Å²) in [6, 6.07) is 17.3. The molecule has 3 N–H and O–H groups in total. The summed E-state index contributed by atoms with van der Waals surface area (Å²) < 4.78 is 0. The summed E-state index contributed by atoms with van der Waals surface area (Å²) in [4.78, 5) is 0. The Morgan fingerprint density at radius 3 is 2.00 bits per heavy atom. The van der Waals surface area contributed by atoms with Gasteiger partial charge in [0.05, 0.1) is 0 Å². The number of nitrogens with one attached hydrogen (secondary N) is 1. The number of rotatable bonds is 3. The Bertz CT molecular complexity index is 411. The van der Waals surface area contributed by atoms with Crippen molar-refractivity contribution in [3.05, 3.63) is 59.8 Å². The molecule has 0 aliphatic carbocycles. The van der Waals surface area contributed by atoms with Gasteiger partial charge in [0.1, 0.15) is 5.69 Å². The number of anilines is 2. The van der Waals surface area contributed by atoms with E-state index in [2.05, 4.69) is 5.32 Å². The largest absolute Gasteiger partial charge is 0.630 e. The average Bonchev–Trinajstić information content (AvgIpc) is 2.31. The molecule has 2 aromatic rings. The second kappa shape index (κ2) is 4.59. The van der Waals surface area contributed by atoms with Crippen LogP contribution in [0.5, 0.6) is 0 Å². The fraction of sp³-hybridized carbons (Fsp3) is 0. The molecule has 0 spiro atoms. The van der Waals surface area contributed by atoms with Crippen molar-refractivity contribution in [1.82, 2.24) is 0 Å². The minimum Gasteiger partial charge on any atom is -0.630 e. The van der Waals surface area contributed by atoms with Crippen molar-refractivity contribution in [2.24, 2.45) is 0 Å². The van der Waals surface area contributed by atoms with E-state index in [0.717, 1.165) is 16.9 Å². The lowest BCUT2D eigenvalue weighted by Crippen LogP contribution is -2.70. The Kier molecular flexibility index (Phi) is 2.97. The zero-order valence-electron chi connectivity index (χ0n) is 8.18. The first kappa shape index (κ1) is 9.71. The van der Waals surface area contributed by atoms with Crippen LogP contribution in [0.1, 0.15) is 0 Å². The molecule has 0 aliphatic rings. The van der Waals surface area contributed by atoms with Gasteiger partial charge in [0.2, 0.25) is 0 Å². The van der Waals surface area contributed by atoms with Gasteiger partial charge in [-0.1, -0.05) is 18.2 Å². The predicted molar refractivity (Wildman–Crippen MR) is 61.1 cm³/mol. The van der Waals surface area contributed by atoms with E-state index in [1.165, 1.54) is 0 Å². The Balaban J connectivity index is 2.11. The highest BCUT2D eigenvalue weighted by Gasteiger charge is 1.94. The van der Waals surface area contributed by atoms with Crippen molar-refractivity contribution in [3.63, 3.8) is 0 Å². The number of benzene rings is 2. The van der Waals surface area contributed by atoms with Gasteiger partial charge in [-0.15, -0.1) is 0 Å². The molecule has 0 saturated heterocycles. The summed E-state index contributed by atoms with van der Waals surface area (Å²) >= 11 is 0. The topological polar surface area (TPSA) is 51.7 Å². The number of quaternary nitrogens is 1. The predicted octanol–water partition coefficient (Wildman–Crippen LogP) is 2.12. The third-order valence-corrected chi connectivity index (χ3v) is 2.11. The van der Waals surface area contributed by atoms with E-state index >= 15 is 0 Å². The molecule has 3 heteroatoms. The third-order valence-electron chi connectivity index (χ3n) is 2.11. The molecule has 0 atom stereocenters. The molecule has 76 valence electrons. The molecular weight excluding hydrogens is 188 g/mol. The normalized spacial score (nSPS) is 9.93. The first-order chi connectivity index (χ1) is 7.38. The summed E-state index contributed by atoms with van der Waals surface area (Å²) in [5.74, 6) is 0. The molecule has 0 aromatic heterocycles. The number of hydrogen-bond donors (Lipinski definition) is 2. The zero-order chi connectivity index (χ0) is 10.5. The highest BCUT2D eigenvalue weighted by atomic mass is 16.5. The second-order valence-electron chi connectivity index (χ2n) is 3.23. The minimum atomic E-state index is 0.689. The van der Waals surface area contributed by atoms with E-state index in [9.17, 15) is 5.21 Å².